The average Bonchev–Trinajstić information content (AvgIpc) is 2.81. The van der Waals surface area contributed by atoms with Crippen molar-refractivity contribution in [3.8, 4) is 5.75 Å². The van der Waals surface area contributed by atoms with Gasteiger partial charge in [0.2, 0.25) is 5.91 Å². The van der Waals surface area contributed by atoms with Gasteiger partial charge in [0.1, 0.15) is 5.75 Å². The lowest BCUT2D eigenvalue weighted by Crippen LogP contribution is -2.26. The Morgan fingerprint density at radius 2 is 0.970 bits per heavy atom. The van der Waals surface area contributed by atoms with E-state index >= 15 is 0 Å². The monoisotopic (exact) mass is 459 g/mol. The largest absolute Gasteiger partial charge is 0.508 e. The van der Waals surface area contributed by atoms with Crippen molar-refractivity contribution in [1.29, 1.82) is 0 Å². The van der Waals surface area contributed by atoms with E-state index in [1.54, 1.807) is 24.3 Å². The van der Waals surface area contributed by atoms with Crippen molar-refractivity contribution in [2.75, 3.05) is 6.54 Å². The fourth-order valence-electron chi connectivity index (χ4n) is 4.47. The molecule has 0 saturated carbocycles. The molecule has 0 saturated heterocycles. The number of rotatable bonds is 23. The van der Waals surface area contributed by atoms with E-state index in [4.69, 9.17) is 0 Å². The zero-order valence-corrected chi connectivity index (χ0v) is 21.7. The predicted molar refractivity (Wildman–Crippen MR) is 143 cm³/mol. The number of unbranched alkanes of at least 4 members (excludes halogenated alkanes) is 19. The van der Waals surface area contributed by atoms with Gasteiger partial charge in [-0.1, -0.05) is 141 Å². The molecule has 0 heterocycles. The van der Waals surface area contributed by atoms with Crippen molar-refractivity contribution < 1.29 is 9.90 Å². The van der Waals surface area contributed by atoms with Crippen molar-refractivity contribution in [2.45, 2.75) is 142 Å². The number of benzene rings is 1. The van der Waals surface area contributed by atoms with Crippen LogP contribution in [0.15, 0.2) is 24.3 Å². The first-order chi connectivity index (χ1) is 16.2. The summed E-state index contributed by atoms with van der Waals surface area (Å²) in [7, 11) is 0. The highest BCUT2D eigenvalue weighted by molar-refractivity contribution is 5.78. The number of phenols is 1. The Morgan fingerprint density at radius 3 is 1.36 bits per heavy atom. The minimum Gasteiger partial charge on any atom is -0.508 e. The van der Waals surface area contributed by atoms with Crippen LogP contribution in [0.2, 0.25) is 0 Å². The molecular weight excluding hydrogens is 406 g/mol. The van der Waals surface area contributed by atoms with Crippen LogP contribution < -0.4 is 5.32 Å². The maximum Gasteiger partial charge on any atom is 0.224 e. The summed E-state index contributed by atoms with van der Waals surface area (Å²) in [6.45, 7) is 3.06. The van der Waals surface area contributed by atoms with Gasteiger partial charge in [-0.2, -0.15) is 0 Å². The molecule has 1 amide bonds. The zero-order chi connectivity index (χ0) is 23.8. The van der Waals surface area contributed by atoms with Gasteiger partial charge in [0.05, 0.1) is 6.42 Å². The molecule has 0 unspecified atom stereocenters. The molecule has 3 nitrogen and oxygen atoms in total. The molecule has 0 spiro atoms. The van der Waals surface area contributed by atoms with E-state index in [9.17, 15) is 9.90 Å². The predicted octanol–water partition coefficient (Wildman–Crippen LogP) is 8.87. The number of nitrogens with one attached hydrogen (secondary N) is 1. The van der Waals surface area contributed by atoms with Gasteiger partial charge in [-0.25, -0.2) is 0 Å². The van der Waals surface area contributed by atoms with Gasteiger partial charge in [0.15, 0.2) is 0 Å². The van der Waals surface area contributed by atoms with E-state index in [2.05, 4.69) is 12.2 Å². The van der Waals surface area contributed by atoms with Crippen LogP contribution in [0.4, 0.5) is 0 Å². The molecule has 2 N–H and O–H groups in total. The second-order valence-electron chi connectivity index (χ2n) is 9.91. The molecule has 0 atom stereocenters. The Balaban J connectivity index is 1.73. The molecule has 0 aromatic heterocycles. The molecule has 0 radical (unpaired) electrons. The number of hydrogen-bond donors (Lipinski definition) is 2. The molecule has 1 rings (SSSR count). The molecule has 0 aliphatic heterocycles. The summed E-state index contributed by atoms with van der Waals surface area (Å²) in [6.07, 6.45) is 28.1. The lowest BCUT2D eigenvalue weighted by atomic mass is 10.0. The number of hydrogen-bond acceptors (Lipinski definition) is 2. The van der Waals surface area contributed by atoms with E-state index in [0.717, 1.165) is 18.5 Å². The van der Waals surface area contributed by atoms with Crippen molar-refractivity contribution in [1.82, 2.24) is 5.32 Å². The summed E-state index contributed by atoms with van der Waals surface area (Å²) < 4.78 is 0. The molecule has 0 aliphatic carbocycles. The Morgan fingerprint density at radius 1 is 0.606 bits per heavy atom. The summed E-state index contributed by atoms with van der Waals surface area (Å²) in [4.78, 5) is 11.9. The van der Waals surface area contributed by atoms with Gasteiger partial charge in [-0.15, -0.1) is 0 Å². The molecule has 0 aliphatic rings. The number of phenolic OH excluding ortho intramolecular Hbond substituents is 1. The topological polar surface area (TPSA) is 49.3 Å². The fourth-order valence-corrected chi connectivity index (χ4v) is 4.47. The highest BCUT2D eigenvalue weighted by Gasteiger charge is 2.03. The maximum absolute atomic E-state index is 11.9. The van der Waals surface area contributed by atoms with Crippen molar-refractivity contribution in [3.63, 3.8) is 0 Å². The molecule has 3 heteroatoms. The van der Waals surface area contributed by atoms with Gasteiger partial charge >= 0.3 is 0 Å². The van der Waals surface area contributed by atoms with E-state index in [0.29, 0.717) is 6.42 Å². The summed E-state index contributed by atoms with van der Waals surface area (Å²) in [5.41, 5.74) is 0.939. The third-order valence-corrected chi connectivity index (χ3v) is 6.65. The number of amides is 1. The third kappa shape index (κ3) is 19.6. The molecule has 0 bridgehead atoms. The Bertz CT molecular complexity index is 555. The van der Waals surface area contributed by atoms with E-state index < -0.39 is 0 Å². The van der Waals surface area contributed by atoms with Crippen LogP contribution in [-0.4, -0.2) is 17.6 Å². The standard InChI is InChI=1S/C30H53NO2/c1-2-3-4-5-6-7-8-9-10-11-12-13-14-15-16-17-18-19-20-21-26-31-30(33)27-28-22-24-29(32)25-23-28/h22-25,32H,2-21,26-27H2,1H3,(H,31,33). The summed E-state index contributed by atoms with van der Waals surface area (Å²) in [5, 5.41) is 12.3. The Kier molecular flexibility index (Phi) is 19.9. The second-order valence-corrected chi connectivity index (χ2v) is 9.91. The second kappa shape index (κ2) is 22.3. The van der Waals surface area contributed by atoms with Crippen LogP contribution in [0.3, 0.4) is 0 Å². The highest BCUT2D eigenvalue weighted by atomic mass is 16.3. The summed E-state index contributed by atoms with van der Waals surface area (Å²) >= 11 is 0. The Labute approximate surface area is 205 Å². The first-order valence-electron chi connectivity index (χ1n) is 14.3. The maximum atomic E-state index is 11.9. The summed E-state index contributed by atoms with van der Waals surface area (Å²) in [6, 6.07) is 6.85. The Hall–Kier alpha value is -1.51. The van der Waals surface area contributed by atoms with E-state index in [1.165, 1.54) is 122 Å². The minimum atomic E-state index is 0.0681. The molecular formula is C30H53NO2. The highest BCUT2D eigenvalue weighted by Crippen LogP contribution is 2.15. The van der Waals surface area contributed by atoms with Crippen LogP contribution in [0.5, 0.6) is 5.75 Å². The number of carbonyl (C=O) groups excluding carboxylic acids is 1. The lowest BCUT2D eigenvalue weighted by molar-refractivity contribution is -0.120. The lowest BCUT2D eigenvalue weighted by Gasteiger charge is -2.06. The number of carbonyl (C=O) groups is 1. The summed E-state index contributed by atoms with van der Waals surface area (Å²) in [5.74, 6) is 0.307. The van der Waals surface area contributed by atoms with E-state index in [1.807, 2.05) is 0 Å². The van der Waals surface area contributed by atoms with Crippen LogP contribution in [-0.2, 0) is 11.2 Å². The SMILES string of the molecule is CCCCCCCCCCCCCCCCCCCCCCNC(=O)Cc1ccc(O)cc1. The zero-order valence-electron chi connectivity index (χ0n) is 21.7. The van der Waals surface area contributed by atoms with Crippen molar-refractivity contribution in [3.05, 3.63) is 29.8 Å². The van der Waals surface area contributed by atoms with Gasteiger partial charge in [0.25, 0.3) is 0 Å². The number of aromatic hydroxyl groups is 1. The van der Waals surface area contributed by atoms with Crippen LogP contribution in [0, 0.1) is 0 Å². The van der Waals surface area contributed by atoms with Crippen LogP contribution in [0.1, 0.15) is 141 Å². The van der Waals surface area contributed by atoms with Crippen LogP contribution >= 0.6 is 0 Å². The van der Waals surface area contributed by atoms with Gasteiger partial charge in [0, 0.05) is 6.54 Å². The quantitative estimate of drug-likeness (QED) is 0.160. The van der Waals surface area contributed by atoms with Crippen molar-refractivity contribution in [2.24, 2.45) is 0 Å². The normalized spacial score (nSPS) is 11.1. The first kappa shape index (κ1) is 29.5. The molecule has 190 valence electrons. The smallest absolute Gasteiger partial charge is 0.224 e. The van der Waals surface area contributed by atoms with Crippen molar-refractivity contribution >= 4 is 5.91 Å². The third-order valence-electron chi connectivity index (χ3n) is 6.65. The molecule has 1 aromatic carbocycles. The van der Waals surface area contributed by atoms with Gasteiger partial charge < -0.3 is 10.4 Å². The molecule has 1 aromatic rings. The van der Waals surface area contributed by atoms with Crippen LogP contribution in [0.25, 0.3) is 0 Å². The van der Waals surface area contributed by atoms with Gasteiger partial charge in [-0.05, 0) is 24.1 Å². The average molecular weight is 460 g/mol. The molecule has 33 heavy (non-hydrogen) atoms. The molecule has 0 fully saturated rings. The first-order valence-corrected chi connectivity index (χ1v) is 14.3. The minimum absolute atomic E-state index is 0.0681. The van der Waals surface area contributed by atoms with Gasteiger partial charge in [-0.3, -0.25) is 4.79 Å². The van der Waals surface area contributed by atoms with E-state index in [-0.39, 0.29) is 11.7 Å². The fraction of sp³-hybridized carbons (Fsp3) is 0.767.